The Kier molecular flexibility index (Phi) is 5.80. The van der Waals surface area contributed by atoms with Crippen LogP contribution in [-0.2, 0) is 11.8 Å². The summed E-state index contributed by atoms with van der Waals surface area (Å²) >= 11 is 6.15. The van der Waals surface area contributed by atoms with Crippen molar-refractivity contribution in [3.05, 3.63) is 95.0 Å². The smallest absolute Gasteiger partial charge is 0.384 e. The van der Waals surface area contributed by atoms with E-state index in [1.165, 1.54) is 54.9 Å². The van der Waals surface area contributed by atoms with Crippen molar-refractivity contribution in [3.8, 4) is 28.2 Å². The Hall–Kier alpha value is -3.16. The van der Waals surface area contributed by atoms with Crippen molar-refractivity contribution in [2.24, 2.45) is 0 Å². The van der Waals surface area contributed by atoms with Gasteiger partial charge < -0.3 is 5.11 Å². The van der Waals surface area contributed by atoms with E-state index in [0.717, 1.165) is 6.07 Å². The number of halogens is 5. The number of benzene rings is 3. The number of hydrogen-bond acceptors (Lipinski definition) is 2. The Morgan fingerprint density at radius 3 is 2.18 bits per heavy atom. The first-order valence-electron chi connectivity index (χ1n) is 10.0. The molecule has 1 aromatic heterocycles. The molecule has 8 heteroatoms. The minimum absolute atomic E-state index is 0.0247. The zero-order valence-electron chi connectivity index (χ0n) is 17.7. The van der Waals surface area contributed by atoms with E-state index < -0.39 is 23.2 Å². The highest BCUT2D eigenvalue weighted by molar-refractivity contribution is 6.33. The van der Waals surface area contributed by atoms with Gasteiger partial charge in [-0.25, -0.2) is 9.37 Å². The van der Waals surface area contributed by atoms with E-state index in [0.29, 0.717) is 11.3 Å². The lowest BCUT2D eigenvalue weighted by Crippen LogP contribution is -2.15. The van der Waals surface area contributed by atoms with Crippen molar-refractivity contribution in [1.82, 2.24) is 9.55 Å². The van der Waals surface area contributed by atoms with Crippen molar-refractivity contribution in [2.45, 2.75) is 25.6 Å². The molecule has 1 heterocycles. The van der Waals surface area contributed by atoms with Gasteiger partial charge in [0.25, 0.3) is 0 Å². The van der Waals surface area contributed by atoms with Gasteiger partial charge in [0.2, 0.25) is 0 Å². The Morgan fingerprint density at radius 2 is 1.58 bits per heavy atom. The van der Waals surface area contributed by atoms with E-state index in [9.17, 15) is 22.7 Å². The van der Waals surface area contributed by atoms with Gasteiger partial charge in [-0.05, 0) is 49.7 Å². The molecule has 0 aliphatic heterocycles. The Balaban J connectivity index is 1.88. The van der Waals surface area contributed by atoms with Crippen molar-refractivity contribution < 1.29 is 22.7 Å². The molecule has 3 nitrogen and oxygen atoms in total. The number of aliphatic hydroxyl groups is 1. The lowest BCUT2D eigenvalue weighted by atomic mass is 10.0. The van der Waals surface area contributed by atoms with E-state index in [2.05, 4.69) is 4.98 Å². The van der Waals surface area contributed by atoms with Crippen molar-refractivity contribution in [2.75, 3.05) is 0 Å². The average molecular weight is 475 g/mol. The normalized spacial score (nSPS) is 12.2. The summed E-state index contributed by atoms with van der Waals surface area (Å²) in [5.41, 5.74) is -0.904. The number of hydrogen-bond donors (Lipinski definition) is 1. The number of aromatic nitrogens is 2. The molecule has 1 N–H and O–H groups in total. The summed E-state index contributed by atoms with van der Waals surface area (Å²) in [7, 11) is 0. The minimum atomic E-state index is -4.59. The first-order valence-corrected chi connectivity index (χ1v) is 10.4. The molecule has 0 saturated carbocycles. The molecule has 0 bridgehead atoms. The molecule has 33 heavy (non-hydrogen) atoms. The van der Waals surface area contributed by atoms with Gasteiger partial charge in [-0.15, -0.1) is 0 Å². The number of rotatable bonds is 4. The van der Waals surface area contributed by atoms with Gasteiger partial charge in [-0.1, -0.05) is 48.0 Å². The molecule has 3 aromatic carbocycles. The molecule has 0 fully saturated rings. The first-order chi connectivity index (χ1) is 15.5. The third kappa shape index (κ3) is 4.51. The maximum absolute atomic E-state index is 14.3. The Morgan fingerprint density at radius 1 is 0.909 bits per heavy atom. The second-order valence-corrected chi connectivity index (χ2v) is 8.47. The van der Waals surface area contributed by atoms with E-state index in [-0.39, 0.29) is 27.7 Å². The maximum atomic E-state index is 14.3. The van der Waals surface area contributed by atoms with Crippen LogP contribution in [-0.4, -0.2) is 14.7 Å². The highest BCUT2D eigenvalue weighted by atomic mass is 35.5. The maximum Gasteiger partial charge on any atom is 0.417 e. The van der Waals surface area contributed by atoms with E-state index >= 15 is 0 Å². The molecular weight excluding hydrogens is 456 g/mol. The monoisotopic (exact) mass is 474 g/mol. The van der Waals surface area contributed by atoms with Gasteiger partial charge in [0, 0.05) is 23.0 Å². The van der Waals surface area contributed by atoms with Gasteiger partial charge in [-0.3, -0.25) is 4.57 Å². The standard InChI is InChI=1S/C25H19ClF4N2O/c1-24(2,33)21-14-32(23(31-21)17-6-3-4-7-18(17)25(28,29)30)16-12-10-15(11-13-16)22-19(26)8-5-9-20(22)27/h3-14,33H,1-2H3. The summed E-state index contributed by atoms with van der Waals surface area (Å²) in [5, 5.41) is 10.7. The number of imidazole rings is 1. The van der Waals surface area contributed by atoms with Gasteiger partial charge in [0.1, 0.15) is 17.2 Å². The Labute approximate surface area is 192 Å². The predicted molar refractivity (Wildman–Crippen MR) is 120 cm³/mol. The molecule has 0 aliphatic carbocycles. The molecular formula is C25H19ClF4N2O. The van der Waals surface area contributed by atoms with Crippen LogP contribution in [0, 0.1) is 5.82 Å². The summed E-state index contributed by atoms with van der Waals surface area (Å²) in [6.07, 6.45) is -3.10. The van der Waals surface area contributed by atoms with Crippen molar-refractivity contribution >= 4 is 11.6 Å². The molecule has 0 amide bonds. The quantitative estimate of drug-likeness (QED) is 0.316. The summed E-state index contributed by atoms with van der Waals surface area (Å²) in [6, 6.07) is 16.0. The molecule has 0 radical (unpaired) electrons. The lowest BCUT2D eigenvalue weighted by molar-refractivity contribution is -0.137. The van der Waals surface area contributed by atoms with Crippen molar-refractivity contribution in [3.63, 3.8) is 0 Å². The molecule has 4 aromatic rings. The fourth-order valence-electron chi connectivity index (χ4n) is 3.55. The topological polar surface area (TPSA) is 38.0 Å². The number of nitrogens with zero attached hydrogens (tertiary/aromatic N) is 2. The zero-order chi connectivity index (χ0) is 24.0. The summed E-state index contributed by atoms with van der Waals surface area (Å²) in [4.78, 5) is 4.34. The van der Waals surface area contributed by atoms with Crippen molar-refractivity contribution in [1.29, 1.82) is 0 Å². The van der Waals surface area contributed by atoms with Crippen LogP contribution in [0.25, 0.3) is 28.2 Å². The highest BCUT2D eigenvalue weighted by Gasteiger charge is 2.35. The summed E-state index contributed by atoms with van der Waals surface area (Å²) in [6.45, 7) is 3.00. The van der Waals surface area contributed by atoms with Crippen LogP contribution >= 0.6 is 11.6 Å². The predicted octanol–water partition coefficient (Wildman–Crippen LogP) is 7.25. The fourth-order valence-corrected chi connectivity index (χ4v) is 3.82. The van der Waals surface area contributed by atoms with Gasteiger partial charge in [-0.2, -0.15) is 13.2 Å². The van der Waals surface area contributed by atoms with E-state index in [1.807, 2.05) is 0 Å². The molecule has 0 saturated heterocycles. The highest BCUT2D eigenvalue weighted by Crippen LogP contribution is 2.38. The van der Waals surface area contributed by atoms with E-state index in [4.69, 9.17) is 11.6 Å². The summed E-state index contributed by atoms with van der Waals surface area (Å²) < 4.78 is 56.9. The van der Waals surface area contributed by atoms with Crippen LogP contribution in [0.3, 0.4) is 0 Å². The number of alkyl halides is 3. The molecule has 0 aliphatic rings. The average Bonchev–Trinajstić information content (AvgIpc) is 3.19. The van der Waals surface area contributed by atoms with E-state index in [1.54, 1.807) is 30.3 Å². The Bertz CT molecular complexity index is 1290. The molecule has 0 spiro atoms. The van der Waals surface area contributed by atoms with Crippen LogP contribution < -0.4 is 0 Å². The van der Waals surface area contributed by atoms with Crippen LogP contribution in [0.5, 0.6) is 0 Å². The second-order valence-electron chi connectivity index (χ2n) is 8.07. The van der Waals surface area contributed by atoms with Crippen LogP contribution in [0.2, 0.25) is 5.02 Å². The van der Waals surface area contributed by atoms with Gasteiger partial charge in [0.15, 0.2) is 0 Å². The van der Waals surface area contributed by atoms with Crippen LogP contribution in [0.4, 0.5) is 17.6 Å². The zero-order valence-corrected chi connectivity index (χ0v) is 18.4. The third-order valence-electron chi connectivity index (χ3n) is 5.20. The third-order valence-corrected chi connectivity index (χ3v) is 5.52. The molecule has 0 atom stereocenters. The summed E-state index contributed by atoms with van der Waals surface area (Å²) in [5.74, 6) is -0.460. The fraction of sp³-hybridized carbons (Fsp3) is 0.160. The molecule has 170 valence electrons. The molecule has 0 unspecified atom stereocenters. The first kappa shape index (κ1) is 23.0. The van der Waals surface area contributed by atoms with Crippen LogP contribution in [0.1, 0.15) is 25.1 Å². The lowest BCUT2D eigenvalue weighted by Gasteiger charge is -2.14. The SMILES string of the molecule is CC(C)(O)c1cn(-c2ccc(-c3c(F)cccc3Cl)cc2)c(-c2ccccc2C(F)(F)F)n1. The largest absolute Gasteiger partial charge is 0.417 e. The van der Waals surface area contributed by atoms with Crippen LogP contribution in [0.15, 0.2) is 72.9 Å². The van der Waals surface area contributed by atoms with Gasteiger partial charge in [0.05, 0.1) is 16.3 Å². The van der Waals surface area contributed by atoms with Gasteiger partial charge >= 0.3 is 6.18 Å². The second kappa shape index (κ2) is 8.32. The minimum Gasteiger partial charge on any atom is -0.384 e. The molecule has 4 rings (SSSR count).